The first kappa shape index (κ1) is 11.7. The van der Waals surface area contributed by atoms with Crippen molar-refractivity contribution in [1.29, 1.82) is 0 Å². The molecule has 0 N–H and O–H groups in total. The van der Waals surface area contributed by atoms with Gasteiger partial charge in [0.1, 0.15) is 0 Å². The maximum atomic E-state index is 2.42. The molecular weight excluding hydrogens is 144 g/mol. The fourth-order valence-corrected chi connectivity index (χ4v) is 1.42. The zero-order valence-corrected chi connectivity index (χ0v) is 9.03. The highest BCUT2D eigenvalue weighted by Gasteiger charge is 1.88. The van der Waals surface area contributed by atoms with E-state index in [1.807, 2.05) is 0 Å². The van der Waals surface area contributed by atoms with E-state index in [-0.39, 0.29) is 0 Å². The Morgan fingerprint density at radius 1 is 1.00 bits per heavy atom. The van der Waals surface area contributed by atoms with E-state index in [4.69, 9.17) is 0 Å². The van der Waals surface area contributed by atoms with Gasteiger partial charge in [0, 0.05) is 0 Å². The van der Waals surface area contributed by atoms with E-state index in [0.29, 0.717) is 0 Å². The first-order valence-electron chi connectivity index (χ1n) is 5.46. The molecule has 0 aliphatic heterocycles. The van der Waals surface area contributed by atoms with Crippen LogP contribution in [0.5, 0.6) is 0 Å². The monoisotopic (exact) mass is 168 g/mol. The third kappa shape index (κ3) is 7.84. The summed E-state index contributed by atoms with van der Waals surface area (Å²) in [6.07, 6.45) is 11.8. The molecule has 0 bridgehead atoms. The summed E-state index contributed by atoms with van der Waals surface area (Å²) in [6, 6.07) is 0. The third-order valence-electron chi connectivity index (χ3n) is 2.19. The van der Waals surface area contributed by atoms with Crippen LogP contribution in [-0.4, -0.2) is 0 Å². The predicted molar refractivity (Wildman–Crippen MR) is 57.4 cm³/mol. The lowest BCUT2D eigenvalue weighted by Gasteiger charge is -1.98. The van der Waals surface area contributed by atoms with Crippen LogP contribution in [0.3, 0.4) is 0 Å². The molecule has 0 aliphatic carbocycles. The normalized spacial score (nSPS) is 12.1. The second-order valence-corrected chi connectivity index (χ2v) is 3.65. The van der Waals surface area contributed by atoms with Gasteiger partial charge in [0.05, 0.1) is 0 Å². The quantitative estimate of drug-likeness (QED) is 0.382. The molecule has 0 rings (SSSR count). The molecule has 0 aromatic carbocycles. The Morgan fingerprint density at radius 3 is 2.33 bits per heavy atom. The van der Waals surface area contributed by atoms with Crippen molar-refractivity contribution in [2.24, 2.45) is 0 Å². The van der Waals surface area contributed by atoms with E-state index in [1.165, 1.54) is 44.9 Å². The van der Waals surface area contributed by atoms with Gasteiger partial charge in [-0.05, 0) is 26.2 Å². The molecule has 0 aromatic rings. The lowest BCUT2D eigenvalue weighted by Crippen LogP contribution is -1.78. The van der Waals surface area contributed by atoms with Crippen LogP contribution in [0.15, 0.2) is 11.6 Å². The molecule has 0 heteroatoms. The van der Waals surface area contributed by atoms with Crippen LogP contribution in [0.2, 0.25) is 0 Å². The van der Waals surface area contributed by atoms with Crippen molar-refractivity contribution < 1.29 is 0 Å². The van der Waals surface area contributed by atoms with E-state index in [0.717, 1.165) is 0 Å². The second-order valence-electron chi connectivity index (χ2n) is 3.65. The largest absolute Gasteiger partial charge is 0.0856 e. The zero-order chi connectivity index (χ0) is 9.23. The summed E-state index contributed by atoms with van der Waals surface area (Å²) in [5.74, 6) is 0. The van der Waals surface area contributed by atoms with E-state index in [2.05, 4.69) is 26.8 Å². The Hall–Kier alpha value is -0.260. The van der Waals surface area contributed by atoms with Gasteiger partial charge in [0.25, 0.3) is 0 Å². The smallest absolute Gasteiger partial charge is 0.0326 e. The van der Waals surface area contributed by atoms with Gasteiger partial charge in [-0.25, -0.2) is 0 Å². The second kappa shape index (κ2) is 8.83. The SMILES string of the molecule is CCCCCCC=C(C)CCC. The van der Waals surface area contributed by atoms with Crippen LogP contribution in [0.25, 0.3) is 0 Å². The van der Waals surface area contributed by atoms with E-state index in [9.17, 15) is 0 Å². The highest BCUT2D eigenvalue weighted by atomic mass is 13.9. The number of rotatable bonds is 7. The topological polar surface area (TPSA) is 0 Å². The van der Waals surface area contributed by atoms with Gasteiger partial charge in [-0.2, -0.15) is 0 Å². The highest BCUT2D eigenvalue weighted by Crippen LogP contribution is 2.08. The summed E-state index contributed by atoms with van der Waals surface area (Å²) >= 11 is 0. The highest BCUT2D eigenvalue weighted by molar-refractivity contribution is 4.97. The Balaban J connectivity index is 3.21. The zero-order valence-electron chi connectivity index (χ0n) is 9.03. The number of hydrogen-bond acceptors (Lipinski definition) is 0. The molecule has 12 heavy (non-hydrogen) atoms. The van der Waals surface area contributed by atoms with Crippen LogP contribution in [0.4, 0.5) is 0 Å². The summed E-state index contributed by atoms with van der Waals surface area (Å²) in [7, 11) is 0. The molecule has 0 amide bonds. The van der Waals surface area contributed by atoms with Crippen LogP contribution < -0.4 is 0 Å². The van der Waals surface area contributed by atoms with Gasteiger partial charge in [-0.1, -0.05) is 51.2 Å². The summed E-state index contributed by atoms with van der Waals surface area (Å²) in [6.45, 7) is 6.76. The first-order valence-corrected chi connectivity index (χ1v) is 5.46. The van der Waals surface area contributed by atoms with Gasteiger partial charge in [-0.15, -0.1) is 0 Å². The minimum atomic E-state index is 1.29. The standard InChI is InChI=1S/C12H24/c1-4-6-7-8-9-11-12(3)10-5-2/h11H,4-10H2,1-3H3. The summed E-state index contributed by atoms with van der Waals surface area (Å²) in [5, 5.41) is 0. The Morgan fingerprint density at radius 2 is 1.75 bits per heavy atom. The number of allylic oxidation sites excluding steroid dienone is 2. The van der Waals surface area contributed by atoms with Crippen LogP contribution in [-0.2, 0) is 0 Å². The Kier molecular flexibility index (Phi) is 8.64. The lowest BCUT2D eigenvalue weighted by atomic mass is 10.1. The molecule has 0 heterocycles. The summed E-state index contributed by atoms with van der Waals surface area (Å²) in [4.78, 5) is 0. The molecule has 0 radical (unpaired) electrons. The fourth-order valence-electron chi connectivity index (χ4n) is 1.42. The van der Waals surface area contributed by atoms with Crippen molar-refractivity contribution in [2.75, 3.05) is 0 Å². The van der Waals surface area contributed by atoms with Crippen molar-refractivity contribution in [3.05, 3.63) is 11.6 Å². The first-order chi connectivity index (χ1) is 5.81. The molecule has 0 spiro atoms. The average Bonchev–Trinajstić information content (AvgIpc) is 2.05. The van der Waals surface area contributed by atoms with E-state index >= 15 is 0 Å². The maximum absolute atomic E-state index is 2.42. The molecular formula is C12H24. The Labute approximate surface area is 78.1 Å². The lowest BCUT2D eigenvalue weighted by molar-refractivity contribution is 0.672. The third-order valence-corrected chi connectivity index (χ3v) is 2.19. The van der Waals surface area contributed by atoms with Crippen LogP contribution >= 0.6 is 0 Å². The molecule has 0 atom stereocenters. The van der Waals surface area contributed by atoms with Crippen molar-refractivity contribution in [2.45, 2.75) is 65.7 Å². The maximum Gasteiger partial charge on any atom is -0.0326 e. The van der Waals surface area contributed by atoms with Gasteiger partial charge < -0.3 is 0 Å². The molecule has 0 saturated carbocycles. The predicted octanol–water partition coefficient (Wildman–Crippen LogP) is 4.70. The summed E-state index contributed by atoms with van der Waals surface area (Å²) in [5.41, 5.74) is 1.58. The molecule has 0 aromatic heterocycles. The van der Waals surface area contributed by atoms with Crippen LogP contribution in [0.1, 0.15) is 65.7 Å². The van der Waals surface area contributed by atoms with Gasteiger partial charge in [0.2, 0.25) is 0 Å². The molecule has 72 valence electrons. The summed E-state index contributed by atoms with van der Waals surface area (Å²) < 4.78 is 0. The van der Waals surface area contributed by atoms with Crippen molar-refractivity contribution in [3.8, 4) is 0 Å². The van der Waals surface area contributed by atoms with Gasteiger partial charge >= 0.3 is 0 Å². The molecule has 0 nitrogen and oxygen atoms in total. The fraction of sp³-hybridized carbons (Fsp3) is 0.833. The van der Waals surface area contributed by atoms with Crippen molar-refractivity contribution in [3.63, 3.8) is 0 Å². The number of hydrogen-bond donors (Lipinski definition) is 0. The minimum Gasteiger partial charge on any atom is -0.0856 e. The molecule has 0 aliphatic rings. The van der Waals surface area contributed by atoms with Crippen molar-refractivity contribution >= 4 is 0 Å². The van der Waals surface area contributed by atoms with E-state index in [1.54, 1.807) is 5.57 Å². The molecule has 0 saturated heterocycles. The molecule has 0 fully saturated rings. The van der Waals surface area contributed by atoms with Crippen molar-refractivity contribution in [1.82, 2.24) is 0 Å². The minimum absolute atomic E-state index is 1.29. The van der Waals surface area contributed by atoms with Crippen LogP contribution in [0, 0.1) is 0 Å². The van der Waals surface area contributed by atoms with E-state index < -0.39 is 0 Å². The molecule has 0 unspecified atom stereocenters. The van der Waals surface area contributed by atoms with Gasteiger partial charge in [-0.3, -0.25) is 0 Å². The number of unbranched alkanes of at least 4 members (excludes halogenated alkanes) is 4. The average molecular weight is 168 g/mol. The van der Waals surface area contributed by atoms with Gasteiger partial charge in [0.15, 0.2) is 0 Å². The Bertz CT molecular complexity index is 111.